The van der Waals surface area contributed by atoms with E-state index in [2.05, 4.69) is 9.88 Å². The number of rotatable bonds is 8. The van der Waals surface area contributed by atoms with Crippen LogP contribution in [0, 0.1) is 32.1 Å². The van der Waals surface area contributed by atoms with Crippen molar-refractivity contribution in [2.24, 2.45) is 0 Å². The fraction of sp³-hybridized carbons (Fsp3) is 0.348. The van der Waals surface area contributed by atoms with Gasteiger partial charge in [0.05, 0.1) is 12.6 Å². The zero-order valence-electron chi connectivity index (χ0n) is 18.0. The number of benzene rings is 1. The first-order chi connectivity index (χ1) is 14.3. The number of para-hydroxylation sites is 1. The SMILES string of the molecule is COC[C@H](C)n1c(C)cc(/C=C(\C#N)C(=O)OCC(=O)Nc2ccccc2C)c1C. The van der Waals surface area contributed by atoms with Crippen molar-refractivity contribution in [1.82, 2.24) is 4.57 Å². The second kappa shape index (κ2) is 10.4. The molecule has 7 heteroatoms. The molecule has 0 aliphatic carbocycles. The summed E-state index contributed by atoms with van der Waals surface area (Å²) in [5.74, 6) is -1.31. The number of nitrogens with one attached hydrogen (secondary N) is 1. The lowest BCUT2D eigenvalue weighted by atomic mass is 10.1. The Bertz CT molecular complexity index is 998. The number of methoxy groups -OCH3 is 1. The number of nitrogens with zero attached hydrogens (tertiary/aromatic N) is 2. The van der Waals surface area contributed by atoms with Crippen molar-refractivity contribution in [3.63, 3.8) is 0 Å². The lowest BCUT2D eigenvalue weighted by Gasteiger charge is -2.17. The first-order valence-electron chi connectivity index (χ1n) is 9.60. The van der Waals surface area contributed by atoms with E-state index in [1.165, 1.54) is 6.08 Å². The van der Waals surface area contributed by atoms with Crippen LogP contribution in [0.5, 0.6) is 0 Å². The Hall–Kier alpha value is -3.37. The van der Waals surface area contributed by atoms with E-state index in [9.17, 15) is 14.9 Å². The third kappa shape index (κ3) is 5.58. The van der Waals surface area contributed by atoms with Gasteiger partial charge in [-0.2, -0.15) is 5.26 Å². The third-order valence-corrected chi connectivity index (χ3v) is 4.77. The maximum absolute atomic E-state index is 12.3. The average Bonchev–Trinajstić information content (AvgIpc) is 2.99. The van der Waals surface area contributed by atoms with Gasteiger partial charge in [0.15, 0.2) is 6.61 Å². The Balaban J connectivity index is 2.09. The summed E-state index contributed by atoms with van der Waals surface area (Å²) < 4.78 is 12.3. The van der Waals surface area contributed by atoms with E-state index in [0.29, 0.717) is 12.3 Å². The van der Waals surface area contributed by atoms with E-state index in [1.54, 1.807) is 19.2 Å². The minimum atomic E-state index is -0.841. The molecule has 0 saturated carbocycles. The van der Waals surface area contributed by atoms with Crippen LogP contribution in [-0.2, 0) is 19.1 Å². The lowest BCUT2D eigenvalue weighted by Crippen LogP contribution is -2.21. The van der Waals surface area contributed by atoms with E-state index in [-0.39, 0.29) is 11.6 Å². The number of esters is 1. The van der Waals surface area contributed by atoms with Crippen LogP contribution in [0.4, 0.5) is 5.69 Å². The Morgan fingerprint density at radius 2 is 1.97 bits per heavy atom. The molecule has 0 aliphatic rings. The minimum Gasteiger partial charge on any atom is -0.451 e. The van der Waals surface area contributed by atoms with Gasteiger partial charge in [-0.05, 0) is 57.0 Å². The Morgan fingerprint density at radius 1 is 1.27 bits per heavy atom. The molecule has 2 rings (SSSR count). The molecular formula is C23H27N3O4. The summed E-state index contributed by atoms with van der Waals surface area (Å²) in [4.78, 5) is 24.4. The molecule has 1 atom stereocenters. The Kier molecular flexibility index (Phi) is 7.96. The van der Waals surface area contributed by atoms with E-state index in [0.717, 1.165) is 22.5 Å². The molecule has 1 amide bonds. The summed E-state index contributed by atoms with van der Waals surface area (Å²) in [6.45, 7) is 7.84. The monoisotopic (exact) mass is 409 g/mol. The van der Waals surface area contributed by atoms with Gasteiger partial charge in [0.2, 0.25) is 0 Å². The summed E-state index contributed by atoms with van der Waals surface area (Å²) >= 11 is 0. The lowest BCUT2D eigenvalue weighted by molar-refractivity contribution is -0.142. The van der Waals surface area contributed by atoms with E-state index < -0.39 is 18.5 Å². The Morgan fingerprint density at radius 3 is 2.60 bits per heavy atom. The number of ether oxygens (including phenoxy) is 2. The highest BCUT2D eigenvalue weighted by Crippen LogP contribution is 2.23. The molecule has 2 aromatic rings. The number of nitriles is 1. The number of hydrogen-bond acceptors (Lipinski definition) is 5. The zero-order chi connectivity index (χ0) is 22.3. The van der Waals surface area contributed by atoms with E-state index >= 15 is 0 Å². The normalized spacial score (nSPS) is 12.2. The van der Waals surface area contributed by atoms with Gasteiger partial charge in [-0.25, -0.2) is 4.79 Å². The molecule has 0 unspecified atom stereocenters. The van der Waals surface area contributed by atoms with Crippen molar-refractivity contribution < 1.29 is 19.1 Å². The number of anilines is 1. The summed E-state index contributed by atoms with van der Waals surface area (Å²) in [5, 5.41) is 12.1. The number of aromatic nitrogens is 1. The van der Waals surface area contributed by atoms with E-state index in [1.807, 2.05) is 52.0 Å². The number of carbonyl (C=O) groups excluding carboxylic acids is 2. The molecule has 1 N–H and O–H groups in total. The molecule has 7 nitrogen and oxygen atoms in total. The Labute approximate surface area is 176 Å². The third-order valence-electron chi connectivity index (χ3n) is 4.77. The molecule has 0 spiro atoms. The molecule has 0 saturated heterocycles. The predicted octanol–water partition coefficient (Wildman–Crippen LogP) is 3.71. The van der Waals surface area contributed by atoms with Crippen molar-refractivity contribution in [2.75, 3.05) is 25.6 Å². The van der Waals surface area contributed by atoms with Crippen LogP contribution in [0.2, 0.25) is 0 Å². The van der Waals surface area contributed by atoms with Crippen molar-refractivity contribution >= 4 is 23.6 Å². The topological polar surface area (TPSA) is 93.3 Å². The highest BCUT2D eigenvalue weighted by atomic mass is 16.5. The molecular weight excluding hydrogens is 382 g/mol. The molecule has 0 bridgehead atoms. The quantitative estimate of drug-likeness (QED) is 0.408. The molecule has 1 heterocycles. The molecule has 158 valence electrons. The summed E-state index contributed by atoms with van der Waals surface area (Å²) in [6, 6.07) is 11.2. The van der Waals surface area contributed by atoms with Crippen LogP contribution in [0.25, 0.3) is 6.08 Å². The number of carbonyl (C=O) groups is 2. The van der Waals surface area contributed by atoms with Gasteiger partial charge < -0.3 is 19.4 Å². The summed E-state index contributed by atoms with van der Waals surface area (Å²) in [7, 11) is 1.64. The molecule has 1 aromatic heterocycles. The van der Waals surface area contributed by atoms with E-state index in [4.69, 9.17) is 9.47 Å². The van der Waals surface area contributed by atoms with Gasteiger partial charge in [-0.1, -0.05) is 18.2 Å². The van der Waals surface area contributed by atoms with Gasteiger partial charge in [-0.15, -0.1) is 0 Å². The van der Waals surface area contributed by atoms with Crippen LogP contribution in [-0.4, -0.2) is 36.8 Å². The molecule has 0 radical (unpaired) electrons. The van der Waals surface area contributed by atoms with Crippen LogP contribution in [0.15, 0.2) is 35.9 Å². The minimum absolute atomic E-state index is 0.111. The van der Waals surface area contributed by atoms with Gasteiger partial charge in [0, 0.05) is 24.2 Å². The van der Waals surface area contributed by atoms with Crippen LogP contribution in [0.1, 0.15) is 35.5 Å². The highest BCUT2D eigenvalue weighted by molar-refractivity contribution is 6.00. The number of aryl methyl sites for hydroxylation is 2. The number of amides is 1. The van der Waals surface area contributed by atoms with Crippen LogP contribution in [0.3, 0.4) is 0 Å². The molecule has 0 fully saturated rings. The first kappa shape index (κ1) is 22.9. The van der Waals surface area contributed by atoms with Crippen molar-refractivity contribution in [3.05, 3.63) is 58.4 Å². The zero-order valence-corrected chi connectivity index (χ0v) is 18.0. The van der Waals surface area contributed by atoms with Gasteiger partial charge >= 0.3 is 5.97 Å². The fourth-order valence-electron chi connectivity index (χ4n) is 3.34. The fourth-order valence-corrected chi connectivity index (χ4v) is 3.34. The van der Waals surface area contributed by atoms with Crippen LogP contribution < -0.4 is 5.32 Å². The molecule has 1 aromatic carbocycles. The van der Waals surface area contributed by atoms with Crippen LogP contribution >= 0.6 is 0 Å². The van der Waals surface area contributed by atoms with Crippen molar-refractivity contribution in [2.45, 2.75) is 33.7 Å². The standard InChI is InChI=1S/C23H27N3O4/c1-15-8-6-7-9-21(15)25-22(27)14-30-23(28)20(12-24)11-19-10-16(2)26(18(19)4)17(3)13-29-5/h6-11,17H,13-14H2,1-5H3,(H,25,27)/b20-11+/t17-/m0/s1. The highest BCUT2D eigenvalue weighted by Gasteiger charge is 2.17. The largest absolute Gasteiger partial charge is 0.451 e. The number of hydrogen-bond donors (Lipinski definition) is 1. The maximum Gasteiger partial charge on any atom is 0.349 e. The van der Waals surface area contributed by atoms with Gasteiger partial charge in [0.25, 0.3) is 5.91 Å². The summed E-state index contributed by atoms with van der Waals surface area (Å²) in [5.41, 5.74) is 4.02. The molecule has 30 heavy (non-hydrogen) atoms. The van der Waals surface area contributed by atoms with Crippen molar-refractivity contribution in [3.8, 4) is 6.07 Å². The molecule has 0 aliphatic heterocycles. The maximum atomic E-state index is 12.3. The van der Waals surface area contributed by atoms with Crippen molar-refractivity contribution in [1.29, 1.82) is 5.26 Å². The average molecular weight is 409 g/mol. The second-order valence-electron chi connectivity index (χ2n) is 7.11. The van der Waals surface area contributed by atoms with Gasteiger partial charge in [-0.3, -0.25) is 4.79 Å². The predicted molar refractivity (Wildman–Crippen MR) is 115 cm³/mol. The van der Waals surface area contributed by atoms with Gasteiger partial charge in [0.1, 0.15) is 11.6 Å². The summed E-state index contributed by atoms with van der Waals surface area (Å²) in [6.07, 6.45) is 1.49. The smallest absolute Gasteiger partial charge is 0.349 e. The first-order valence-corrected chi connectivity index (χ1v) is 9.60. The second-order valence-corrected chi connectivity index (χ2v) is 7.11.